The van der Waals surface area contributed by atoms with Crippen molar-refractivity contribution >= 4 is 11.9 Å². The Hall–Kier alpha value is -1.22. The summed E-state index contributed by atoms with van der Waals surface area (Å²) in [6, 6.07) is 0.287. The Morgan fingerprint density at radius 1 is 0.885 bits per heavy atom. The van der Waals surface area contributed by atoms with Crippen LogP contribution in [0.1, 0.15) is 34.1 Å². The number of methoxy groups -OCH3 is 2. The smallest absolute Gasteiger partial charge is 0.324 e. The monoisotopic (exact) mass is 376 g/mol. The van der Waals surface area contributed by atoms with Crippen LogP contribution in [0, 0.1) is 5.92 Å². The molecule has 2 saturated heterocycles. The summed E-state index contributed by atoms with van der Waals surface area (Å²) >= 11 is 0. The molecule has 4 unspecified atom stereocenters. The molecular weight excluding hydrogens is 336 g/mol. The molecule has 0 aromatic rings. The van der Waals surface area contributed by atoms with E-state index < -0.39 is 0 Å². The fourth-order valence-corrected chi connectivity index (χ4v) is 2.77. The number of rotatable bonds is 4. The Bertz CT molecular complexity index is 335. The zero-order chi connectivity index (χ0) is 20.5. The molecule has 2 fully saturated rings. The highest BCUT2D eigenvalue weighted by Gasteiger charge is 2.32. The molecule has 26 heavy (non-hydrogen) atoms. The predicted molar refractivity (Wildman–Crippen MR) is 105 cm³/mol. The number of ether oxygens (including phenoxy) is 2. The predicted octanol–water partition coefficient (Wildman–Crippen LogP) is 0.129. The Kier molecular flexibility index (Phi) is 17.9. The molecule has 156 valence electrons. The Morgan fingerprint density at radius 3 is 1.88 bits per heavy atom. The van der Waals surface area contributed by atoms with Gasteiger partial charge in [0.05, 0.1) is 20.1 Å². The molecule has 0 radical (unpaired) electrons. The largest absolute Gasteiger partial charge is 0.469 e. The lowest BCUT2D eigenvalue weighted by molar-refractivity contribution is -0.145. The summed E-state index contributed by atoms with van der Waals surface area (Å²) in [5, 5.41) is 12.3. The van der Waals surface area contributed by atoms with Crippen molar-refractivity contribution in [3.63, 3.8) is 0 Å². The minimum absolute atomic E-state index is 0.0231. The molecule has 2 aliphatic heterocycles. The minimum Gasteiger partial charge on any atom is -0.469 e. The van der Waals surface area contributed by atoms with Gasteiger partial charge in [-0.3, -0.25) is 9.59 Å². The van der Waals surface area contributed by atoms with E-state index in [1.807, 2.05) is 41.8 Å². The number of esters is 2. The van der Waals surface area contributed by atoms with Crippen molar-refractivity contribution in [2.75, 3.05) is 47.9 Å². The van der Waals surface area contributed by atoms with Crippen molar-refractivity contribution in [2.45, 2.75) is 52.2 Å². The van der Waals surface area contributed by atoms with Gasteiger partial charge in [-0.05, 0) is 27.1 Å². The van der Waals surface area contributed by atoms with E-state index in [1.54, 1.807) is 0 Å². The third kappa shape index (κ3) is 8.93. The molecule has 8 nitrogen and oxygen atoms in total. The minimum atomic E-state index is -0.179. The quantitative estimate of drug-likeness (QED) is 0.514. The first kappa shape index (κ1) is 27.0. The van der Waals surface area contributed by atoms with Gasteiger partial charge in [0, 0.05) is 25.2 Å². The van der Waals surface area contributed by atoms with Crippen molar-refractivity contribution in [3.8, 4) is 0 Å². The molecule has 0 aromatic heterocycles. The number of carbonyl (C=O) groups is 2. The molecular formula is C18H40N4O4. The Balaban J connectivity index is 0. The standard InChI is InChI=1S/2C7H14N2O2.2C2H6/c1-8-6-4-9-3-5(6)7(10)11-2;1-8-5-3-4-9-6(5)7(10)11-2;2*1-2/h2*5-6,8-9H,3-4H2,1-2H3;2*1-2H3. The summed E-state index contributed by atoms with van der Waals surface area (Å²) < 4.78 is 9.27. The Labute approximate surface area is 159 Å². The van der Waals surface area contributed by atoms with Crippen LogP contribution in [0.5, 0.6) is 0 Å². The van der Waals surface area contributed by atoms with E-state index in [-0.39, 0.29) is 36.0 Å². The SMILES string of the molecule is CC.CC.CNC1CCNC1C(=O)OC.CNC1CNCC1C(=O)OC. The highest BCUT2D eigenvalue weighted by molar-refractivity contribution is 5.77. The van der Waals surface area contributed by atoms with E-state index in [9.17, 15) is 9.59 Å². The van der Waals surface area contributed by atoms with Crippen LogP contribution in [0.15, 0.2) is 0 Å². The van der Waals surface area contributed by atoms with Gasteiger partial charge in [-0.25, -0.2) is 0 Å². The fourth-order valence-electron chi connectivity index (χ4n) is 2.77. The zero-order valence-corrected chi connectivity index (χ0v) is 17.8. The summed E-state index contributed by atoms with van der Waals surface area (Å²) in [5.74, 6) is -0.332. The maximum absolute atomic E-state index is 11.1. The number of nitrogens with one attached hydrogen (secondary N) is 4. The van der Waals surface area contributed by atoms with Crippen molar-refractivity contribution < 1.29 is 19.1 Å². The average Bonchev–Trinajstić information content (AvgIpc) is 3.39. The van der Waals surface area contributed by atoms with Gasteiger partial charge in [-0.15, -0.1) is 0 Å². The first-order valence-electron chi connectivity index (χ1n) is 9.53. The van der Waals surface area contributed by atoms with Crippen LogP contribution in [-0.4, -0.2) is 78.0 Å². The van der Waals surface area contributed by atoms with Crippen LogP contribution < -0.4 is 21.3 Å². The van der Waals surface area contributed by atoms with Crippen LogP contribution in [-0.2, 0) is 19.1 Å². The molecule has 0 aliphatic carbocycles. The van der Waals surface area contributed by atoms with Gasteiger partial charge in [-0.2, -0.15) is 0 Å². The summed E-state index contributed by atoms with van der Waals surface area (Å²) in [4.78, 5) is 22.1. The van der Waals surface area contributed by atoms with Gasteiger partial charge in [0.25, 0.3) is 0 Å². The number of hydrogen-bond acceptors (Lipinski definition) is 8. The number of hydrogen-bond donors (Lipinski definition) is 4. The second kappa shape index (κ2) is 17.2. The molecule has 0 aromatic carbocycles. The van der Waals surface area contributed by atoms with Crippen LogP contribution in [0.2, 0.25) is 0 Å². The van der Waals surface area contributed by atoms with Crippen molar-refractivity contribution in [3.05, 3.63) is 0 Å². The molecule has 0 amide bonds. The van der Waals surface area contributed by atoms with Gasteiger partial charge < -0.3 is 30.7 Å². The van der Waals surface area contributed by atoms with Gasteiger partial charge in [0.15, 0.2) is 0 Å². The van der Waals surface area contributed by atoms with Crippen molar-refractivity contribution in [1.29, 1.82) is 0 Å². The summed E-state index contributed by atoms with van der Waals surface area (Å²) in [6.45, 7) is 10.4. The molecule has 0 saturated carbocycles. The third-order valence-electron chi connectivity index (χ3n) is 4.14. The van der Waals surface area contributed by atoms with E-state index in [0.717, 1.165) is 26.1 Å². The molecule has 8 heteroatoms. The second-order valence-corrected chi connectivity index (χ2v) is 5.32. The van der Waals surface area contributed by atoms with E-state index >= 15 is 0 Å². The topological polar surface area (TPSA) is 101 Å². The summed E-state index contributed by atoms with van der Waals surface area (Å²) in [6.07, 6.45) is 0.982. The normalized spacial score (nSPS) is 26.2. The van der Waals surface area contributed by atoms with E-state index in [2.05, 4.69) is 30.7 Å². The fraction of sp³-hybridized carbons (Fsp3) is 0.889. The van der Waals surface area contributed by atoms with E-state index in [0.29, 0.717) is 0 Å². The van der Waals surface area contributed by atoms with Crippen LogP contribution in [0.4, 0.5) is 0 Å². The van der Waals surface area contributed by atoms with Gasteiger partial charge in [0.1, 0.15) is 6.04 Å². The van der Waals surface area contributed by atoms with Gasteiger partial charge in [-0.1, -0.05) is 27.7 Å². The van der Waals surface area contributed by atoms with Crippen molar-refractivity contribution in [1.82, 2.24) is 21.3 Å². The maximum atomic E-state index is 11.1. The second-order valence-electron chi connectivity index (χ2n) is 5.32. The molecule has 4 N–H and O–H groups in total. The maximum Gasteiger partial charge on any atom is 0.324 e. The molecule has 4 atom stereocenters. The third-order valence-corrected chi connectivity index (χ3v) is 4.14. The number of carbonyl (C=O) groups excluding carboxylic acids is 2. The average molecular weight is 377 g/mol. The van der Waals surface area contributed by atoms with Gasteiger partial charge in [0.2, 0.25) is 0 Å². The molecule has 0 bridgehead atoms. The molecule has 0 spiro atoms. The first-order valence-corrected chi connectivity index (χ1v) is 9.53. The Morgan fingerprint density at radius 2 is 1.42 bits per heavy atom. The lowest BCUT2D eigenvalue weighted by Gasteiger charge is -2.15. The van der Waals surface area contributed by atoms with E-state index in [4.69, 9.17) is 0 Å². The van der Waals surface area contributed by atoms with Crippen LogP contribution >= 0.6 is 0 Å². The summed E-state index contributed by atoms with van der Waals surface area (Å²) in [7, 11) is 6.55. The van der Waals surface area contributed by atoms with Crippen LogP contribution in [0.3, 0.4) is 0 Å². The van der Waals surface area contributed by atoms with E-state index in [1.165, 1.54) is 14.2 Å². The molecule has 2 aliphatic rings. The molecule has 2 heterocycles. The summed E-state index contributed by atoms with van der Waals surface area (Å²) in [5.41, 5.74) is 0. The van der Waals surface area contributed by atoms with Crippen molar-refractivity contribution in [2.24, 2.45) is 5.92 Å². The number of likely N-dealkylation sites (N-methyl/N-ethyl adjacent to an activating group) is 2. The lowest BCUT2D eigenvalue weighted by atomic mass is 10.1. The lowest BCUT2D eigenvalue weighted by Crippen LogP contribution is -2.45. The first-order chi connectivity index (χ1) is 12.6. The highest BCUT2D eigenvalue weighted by atomic mass is 16.5. The van der Waals surface area contributed by atoms with Crippen LogP contribution in [0.25, 0.3) is 0 Å². The zero-order valence-electron chi connectivity index (χ0n) is 17.8. The van der Waals surface area contributed by atoms with Gasteiger partial charge >= 0.3 is 11.9 Å². The molecule has 2 rings (SSSR count). The highest BCUT2D eigenvalue weighted by Crippen LogP contribution is 2.09.